The minimum Gasteiger partial charge on any atom is -0.301 e. The van der Waals surface area contributed by atoms with Crippen molar-refractivity contribution in [1.82, 2.24) is 13.9 Å². The van der Waals surface area contributed by atoms with E-state index >= 15 is 0 Å². The highest BCUT2D eigenvalue weighted by atomic mass is 32.2. The molecule has 0 N–H and O–H groups in total. The minimum absolute atomic E-state index is 0.697. The molecule has 17 heavy (non-hydrogen) atoms. The van der Waals surface area contributed by atoms with Crippen molar-refractivity contribution < 1.29 is 4.21 Å². The molecule has 0 aliphatic carbocycles. The Morgan fingerprint density at radius 1 is 1.41 bits per heavy atom. The number of hydrogen-bond acceptors (Lipinski definition) is 2. The number of para-hydroxylation sites is 2. The summed E-state index contributed by atoms with van der Waals surface area (Å²) in [5.74, 6) is 0. The van der Waals surface area contributed by atoms with Crippen LogP contribution in [-0.2, 0) is 17.7 Å². The van der Waals surface area contributed by atoms with Gasteiger partial charge in [0.1, 0.15) is 0 Å². The summed E-state index contributed by atoms with van der Waals surface area (Å²) in [5.41, 5.74) is 2.01. The molecular weight excluding hydrogens is 234 g/mol. The highest BCUT2D eigenvalue weighted by Gasteiger charge is 2.29. The Labute approximate surface area is 103 Å². The summed E-state index contributed by atoms with van der Waals surface area (Å²) in [6.07, 6.45) is 2.20. The predicted octanol–water partition coefficient (Wildman–Crippen LogP) is 2.13. The maximum Gasteiger partial charge on any atom is 0.217 e. The van der Waals surface area contributed by atoms with E-state index in [1.54, 1.807) is 0 Å². The summed E-state index contributed by atoms with van der Waals surface area (Å²) in [6, 6.07) is 7.96. The molecule has 1 atom stereocenters. The number of unbranched alkanes of at least 4 members (excludes halogenated alkanes) is 1. The third-order valence-corrected chi connectivity index (χ3v) is 4.46. The Kier molecular flexibility index (Phi) is 2.72. The number of hydrogen-bond donors (Lipinski definition) is 0. The summed E-state index contributed by atoms with van der Waals surface area (Å²) < 4.78 is 16.3. The molecule has 2 heterocycles. The second kappa shape index (κ2) is 4.23. The van der Waals surface area contributed by atoms with Gasteiger partial charge in [0, 0.05) is 6.54 Å². The zero-order chi connectivity index (χ0) is 11.8. The Hall–Kier alpha value is -1.20. The van der Waals surface area contributed by atoms with E-state index in [9.17, 15) is 4.21 Å². The highest BCUT2D eigenvalue weighted by Crippen LogP contribution is 2.26. The zero-order valence-corrected chi connectivity index (χ0v) is 10.6. The van der Waals surface area contributed by atoms with Crippen molar-refractivity contribution in [3.8, 4) is 0 Å². The smallest absolute Gasteiger partial charge is 0.217 e. The SMILES string of the molecule is CCCCN1Cn2c(nc3ccccc32)S1=O. The number of rotatable bonds is 3. The fourth-order valence-electron chi connectivity index (χ4n) is 2.14. The van der Waals surface area contributed by atoms with Crippen molar-refractivity contribution in [1.29, 1.82) is 0 Å². The van der Waals surface area contributed by atoms with Crippen LogP contribution in [0, 0.1) is 0 Å². The van der Waals surface area contributed by atoms with Crippen molar-refractivity contribution in [2.24, 2.45) is 0 Å². The van der Waals surface area contributed by atoms with Crippen LogP contribution in [0.5, 0.6) is 0 Å². The second-order valence-corrected chi connectivity index (χ2v) is 5.64. The van der Waals surface area contributed by atoms with Crippen LogP contribution in [0.3, 0.4) is 0 Å². The van der Waals surface area contributed by atoms with Gasteiger partial charge in [-0.1, -0.05) is 25.5 Å². The van der Waals surface area contributed by atoms with Gasteiger partial charge >= 0.3 is 0 Å². The van der Waals surface area contributed by atoms with Crippen LogP contribution in [0.15, 0.2) is 29.4 Å². The summed E-state index contributed by atoms with van der Waals surface area (Å²) >= 11 is 0. The van der Waals surface area contributed by atoms with Gasteiger partial charge in [-0.2, -0.15) is 4.31 Å². The number of aromatic nitrogens is 2. The van der Waals surface area contributed by atoms with Gasteiger partial charge in [-0.3, -0.25) is 0 Å². The first-order chi connectivity index (χ1) is 8.31. The van der Waals surface area contributed by atoms with Crippen molar-refractivity contribution in [3.05, 3.63) is 24.3 Å². The van der Waals surface area contributed by atoms with E-state index in [2.05, 4.69) is 16.5 Å². The quantitative estimate of drug-likeness (QED) is 0.835. The van der Waals surface area contributed by atoms with Crippen molar-refractivity contribution in [2.75, 3.05) is 6.54 Å². The van der Waals surface area contributed by atoms with Crippen LogP contribution in [0.25, 0.3) is 11.0 Å². The third kappa shape index (κ3) is 1.70. The molecule has 0 saturated heterocycles. The first-order valence-electron chi connectivity index (χ1n) is 5.93. The molecule has 1 aromatic carbocycles. The number of benzene rings is 1. The minimum atomic E-state index is -1.08. The molecule has 0 saturated carbocycles. The summed E-state index contributed by atoms with van der Waals surface area (Å²) in [4.78, 5) is 4.45. The van der Waals surface area contributed by atoms with E-state index in [1.165, 1.54) is 0 Å². The topological polar surface area (TPSA) is 38.1 Å². The fourth-order valence-corrected chi connectivity index (χ4v) is 3.40. The molecule has 2 aromatic rings. The molecule has 4 nitrogen and oxygen atoms in total. The standard InChI is InChI=1S/C12H15N3OS/c1-2-3-8-14-9-15-11-7-5-4-6-10(11)13-12(15)17(14)16/h4-7H,2-3,8-9H2,1H3. The molecule has 3 rings (SSSR count). The lowest BCUT2D eigenvalue weighted by Gasteiger charge is -2.11. The molecule has 0 radical (unpaired) electrons. The molecule has 0 bridgehead atoms. The lowest BCUT2D eigenvalue weighted by molar-refractivity contribution is 0.386. The highest BCUT2D eigenvalue weighted by molar-refractivity contribution is 7.82. The maximum absolute atomic E-state index is 12.2. The molecule has 0 amide bonds. The van der Waals surface area contributed by atoms with Crippen LogP contribution in [0.1, 0.15) is 19.8 Å². The Balaban J connectivity index is 1.98. The molecule has 0 spiro atoms. The average molecular weight is 249 g/mol. The Morgan fingerprint density at radius 2 is 2.24 bits per heavy atom. The normalized spacial score (nSPS) is 19.9. The van der Waals surface area contributed by atoms with Crippen LogP contribution in [-0.4, -0.2) is 24.6 Å². The summed E-state index contributed by atoms with van der Waals surface area (Å²) in [7, 11) is -1.08. The third-order valence-electron chi connectivity index (χ3n) is 3.07. The van der Waals surface area contributed by atoms with Gasteiger partial charge in [0.05, 0.1) is 17.7 Å². The van der Waals surface area contributed by atoms with Crippen LogP contribution in [0.4, 0.5) is 0 Å². The zero-order valence-electron chi connectivity index (χ0n) is 9.80. The maximum atomic E-state index is 12.2. The number of nitrogens with zero attached hydrogens (tertiary/aromatic N) is 3. The van der Waals surface area contributed by atoms with Gasteiger partial charge in [-0.05, 0) is 18.6 Å². The molecule has 1 aliphatic heterocycles. The molecule has 0 fully saturated rings. The van der Waals surface area contributed by atoms with E-state index in [0.717, 1.165) is 30.4 Å². The molecule has 1 aliphatic rings. The van der Waals surface area contributed by atoms with E-state index in [4.69, 9.17) is 0 Å². The largest absolute Gasteiger partial charge is 0.301 e. The Bertz CT molecular complexity index is 578. The first-order valence-corrected chi connectivity index (χ1v) is 7.04. The lowest BCUT2D eigenvalue weighted by atomic mass is 10.3. The van der Waals surface area contributed by atoms with Crippen LogP contribution in [0.2, 0.25) is 0 Å². The molecule has 1 unspecified atom stereocenters. The van der Waals surface area contributed by atoms with Crippen LogP contribution < -0.4 is 0 Å². The van der Waals surface area contributed by atoms with Gasteiger partial charge in [0.2, 0.25) is 5.16 Å². The number of imidazole rings is 1. The Morgan fingerprint density at radius 3 is 3.06 bits per heavy atom. The van der Waals surface area contributed by atoms with Crippen LogP contribution >= 0.6 is 0 Å². The first kappa shape index (κ1) is 10.9. The van der Waals surface area contributed by atoms with Gasteiger partial charge in [0.25, 0.3) is 0 Å². The summed E-state index contributed by atoms with van der Waals surface area (Å²) in [5, 5.41) is 0.697. The van der Waals surface area contributed by atoms with Gasteiger partial charge in [-0.15, -0.1) is 0 Å². The van der Waals surface area contributed by atoms with Gasteiger partial charge in [0.15, 0.2) is 11.0 Å². The molecule has 5 heteroatoms. The van der Waals surface area contributed by atoms with E-state index < -0.39 is 11.0 Å². The van der Waals surface area contributed by atoms with E-state index in [1.807, 2.05) is 28.6 Å². The van der Waals surface area contributed by atoms with E-state index in [0.29, 0.717) is 11.8 Å². The second-order valence-electron chi connectivity index (χ2n) is 4.26. The fraction of sp³-hybridized carbons (Fsp3) is 0.417. The van der Waals surface area contributed by atoms with Crippen molar-refractivity contribution in [2.45, 2.75) is 31.6 Å². The molecule has 1 aromatic heterocycles. The lowest BCUT2D eigenvalue weighted by Crippen LogP contribution is -2.21. The molecular formula is C12H15N3OS. The molecule has 90 valence electrons. The van der Waals surface area contributed by atoms with Gasteiger partial charge < -0.3 is 4.57 Å². The van der Waals surface area contributed by atoms with Gasteiger partial charge in [-0.25, -0.2) is 9.19 Å². The number of fused-ring (bicyclic) bond motifs is 3. The predicted molar refractivity (Wildman–Crippen MR) is 67.8 cm³/mol. The average Bonchev–Trinajstić information content (AvgIpc) is 2.85. The monoisotopic (exact) mass is 249 g/mol. The van der Waals surface area contributed by atoms with E-state index in [-0.39, 0.29) is 0 Å². The van der Waals surface area contributed by atoms with Crippen molar-refractivity contribution >= 4 is 22.0 Å². The van der Waals surface area contributed by atoms with Crippen molar-refractivity contribution in [3.63, 3.8) is 0 Å². The summed E-state index contributed by atoms with van der Waals surface area (Å²) in [6.45, 7) is 3.72.